The fourth-order valence-electron chi connectivity index (χ4n) is 2.53. The van der Waals surface area contributed by atoms with Gasteiger partial charge in [0.2, 0.25) is 0 Å². The van der Waals surface area contributed by atoms with Crippen molar-refractivity contribution in [2.75, 3.05) is 13.4 Å². The molecule has 0 fully saturated rings. The summed E-state index contributed by atoms with van der Waals surface area (Å²) in [7, 11) is -2.19. The monoisotopic (exact) mass is 376 g/mol. The smallest absolute Gasteiger partial charge is 0.180 e. The third-order valence-corrected chi connectivity index (χ3v) is 5.49. The second-order valence-corrected chi connectivity index (χ2v) is 8.15. The van der Waals surface area contributed by atoms with E-state index in [0.717, 1.165) is 6.26 Å². The van der Waals surface area contributed by atoms with Gasteiger partial charge in [-0.25, -0.2) is 8.42 Å². The molecule has 2 rings (SSSR count). The van der Waals surface area contributed by atoms with Crippen LogP contribution in [0.3, 0.4) is 0 Å². The van der Waals surface area contributed by atoms with Crippen LogP contribution < -0.4 is 4.74 Å². The Morgan fingerprint density at radius 2 is 1.54 bits per heavy atom. The Hall–Kier alpha value is -2.67. The number of sulfone groups is 1. The number of aromatic hydroxyl groups is 1. The second-order valence-electron chi connectivity index (χ2n) is 5.92. The second kappa shape index (κ2) is 8.14. The Balaban J connectivity index is 2.15. The SMILES string of the molecule is COc1ccc(C(=O)C(CCC(=O)c2ccc(O)cc2)S(C)(=O)=O)cc1. The summed E-state index contributed by atoms with van der Waals surface area (Å²) in [5.41, 5.74) is 0.602. The predicted octanol–water partition coefficient (Wildman–Crippen LogP) is 2.66. The van der Waals surface area contributed by atoms with E-state index in [-0.39, 0.29) is 29.9 Å². The lowest BCUT2D eigenvalue weighted by atomic mass is 10.0. The van der Waals surface area contributed by atoms with Crippen LogP contribution in [0.4, 0.5) is 0 Å². The number of ketones is 2. The zero-order valence-corrected chi connectivity index (χ0v) is 15.3. The molecule has 2 aromatic rings. The van der Waals surface area contributed by atoms with Gasteiger partial charge in [-0.3, -0.25) is 9.59 Å². The van der Waals surface area contributed by atoms with Crippen LogP contribution in [-0.2, 0) is 9.84 Å². The van der Waals surface area contributed by atoms with Crippen molar-refractivity contribution < 1.29 is 27.9 Å². The fourth-order valence-corrected chi connectivity index (χ4v) is 3.61. The van der Waals surface area contributed by atoms with Gasteiger partial charge in [-0.15, -0.1) is 0 Å². The summed E-state index contributed by atoms with van der Waals surface area (Å²) in [4.78, 5) is 24.8. The van der Waals surface area contributed by atoms with Crippen LogP contribution in [-0.4, -0.2) is 43.7 Å². The molecule has 1 atom stereocenters. The first-order valence-corrected chi connectivity index (χ1v) is 9.87. The molecule has 0 amide bonds. The van der Waals surface area contributed by atoms with Crippen molar-refractivity contribution in [2.24, 2.45) is 0 Å². The number of hydrogen-bond donors (Lipinski definition) is 1. The van der Waals surface area contributed by atoms with Crippen molar-refractivity contribution in [3.05, 3.63) is 59.7 Å². The molecule has 0 heterocycles. The number of phenolic OH excluding ortho intramolecular Hbond substituents is 1. The van der Waals surface area contributed by atoms with E-state index >= 15 is 0 Å². The van der Waals surface area contributed by atoms with Crippen molar-refractivity contribution in [2.45, 2.75) is 18.1 Å². The van der Waals surface area contributed by atoms with E-state index in [2.05, 4.69) is 0 Å². The molecule has 0 aliphatic rings. The maximum absolute atomic E-state index is 12.6. The van der Waals surface area contributed by atoms with Crippen LogP contribution in [0.15, 0.2) is 48.5 Å². The number of ether oxygens (including phenoxy) is 1. The van der Waals surface area contributed by atoms with Gasteiger partial charge in [-0.1, -0.05) is 0 Å². The lowest BCUT2D eigenvalue weighted by Gasteiger charge is -2.14. The molecule has 138 valence electrons. The molecule has 6 nitrogen and oxygen atoms in total. The van der Waals surface area contributed by atoms with Gasteiger partial charge in [0.05, 0.1) is 7.11 Å². The minimum Gasteiger partial charge on any atom is -0.508 e. The molecule has 2 aromatic carbocycles. The summed E-state index contributed by atoms with van der Waals surface area (Å²) in [5.74, 6) is -0.250. The Morgan fingerprint density at radius 1 is 1.00 bits per heavy atom. The summed E-state index contributed by atoms with van der Waals surface area (Å²) in [6, 6.07) is 11.8. The summed E-state index contributed by atoms with van der Waals surface area (Å²) in [5, 5.41) is 7.96. The van der Waals surface area contributed by atoms with Gasteiger partial charge < -0.3 is 9.84 Å². The van der Waals surface area contributed by atoms with Crippen molar-refractivity contribution in [1.29, 1.82) is 0 Å². The molecule has 0 bridgehead atoms. The molecule has 0 radical (unpaired) electrons. The van der Waals surface area contributed by atoms with Gasteiger partial charge in [-0.05, 0) is 55.0 Å². The highest BCUT2D eigenvalue weighted by molar-refractivity contribution is 7.92. The molecule has 0 aliphatic carbocycles. The van der Waals surface area contributed by atoms with Crippen LogP contribution in [0.2, 0.25) is 0 Å². The van der Waals surface area contributed by atoms with E-state index in [0.29, 0.717) is 11.3 Å². The number of hydrogen-bond acceptors (Lipinski definition) is 6. The van der Waals surface area contributed by atoms with Gasteiger partial charge in [0.1, 0.15) is 16.7 Å². The lowest BCUT2D eigenvalue weighted by Crippen LogP contribution is -2.30. The molecule has 0 spiro atoms. The minimum absolute atomic E-state index is 0.0326. The fraction of sp³-hybridized carbons (Fsp3) is 0.263. The normalized spacial score (nSPS) is 12.4. The van der Waals surface area contributed by atoms with E-state index in [9.17, 15) is 23.1 Å². The first-order chi connectivity index (χ1) is 12.2. The van der Waals surface area contributed by atoms with Gasteiger partial charge in [0.15, 0.2) is 21.4 Å². The zero-order chi connectivity index (χ0) is 19.3. The van der Waals surface area contributed by atoms with Crippen LogP contribution >= 0.6 is 0 Å². The summed E-state index contributed by atoms with van der Waals surface area (Å²) < 4.78 is 29.2. The highest BCUT2D eigenvalue weighted by Gasteiger charge is 2.30. The van der Waals surface area contributed by atoms with Crippen molar-refractivity contribution in [3.8, 4) is 11.5 Å². The number of rotatable bonds is 8. The van der Waals surface area contributed by atoms with Crippen LogP contribution in [0.1, 0.15) is 33.6 Å². The Kier molecular flexibility index (Phi) is 6.15. The molecule has 7 heteroatoms. The summed E-state index contributed by atoms with van der Waals surface area (Å²) in [6.07, 6.45) is 0.790. The van der Waals surface area contributed by atoms with Gasteiger partial charge in [-0.2, -0.15) is 0 Å². The van der Waals surface area contributed by atoms with Gasteiger partial charge >= 0.3 is 0 Å². The molecule has 1 N–H and O–H groups in total. The number of methoxy groups -OCH3 is 1. The quantitative estimate of drug-likeness (QED) is 0.711. The molecule has 1 unspecified atom stereocenters. The van der Waals surface area contributed by atoms with Crippen molar-refractivity contribution in [3.63, 3.8) is 0 Å². The molecule has 0 aliphatic heterocycles. The number of carbonyl (C=O) groups excluding carboxylic acids is 2. The molecule has 0 aromatic heterocycles. The average molecular weight is 376 g/mol. The van der Waals surface area contributed by atoms with E-state index in [4.69, 9.17) is 4.74 Å². The molecular weight excluding hydrogens is 356 g/mol. The zero-order valence-electron chi connectivity index (χ0n) is 14.5. The van der Waals surface area contributed by atoms with Crippen LogP contribution in [0, 0.1) is 0 Å². The first kappa shape index (κ1) is 19.7. The van der Waals surface area contributed by atoms with Crippen molar-refractivity contribution >= 4 is 21.4 Å². The molecular formula is C19H20O6S. The minimum atomic E-state index is -3.69. The van der Waals surface area contributed by atoms with Crippen LogP contribution in [0.25, 0.3) is 0 Å². The lowest BCUT2D eigenvalue weighted by molar-refractivity contribution is 0.0960. The predicted molar refractivity (Wildman–Crippen MR) is 97.6 cm³/mol. The topological polar surface area (TPSA) is 97.7 Å². The van der Waals surface area contributed by atoms with E-state index in [1.54, 1.807) is 12.1 Å². The van der Waals surface area contributed by atoms with E-state index in [1.807, 2.05) is 0 Å². The number of carbonyl (C=O) groups is 2. The van der Waals surface area contributed by atoms with Crippen LogP contribution in [0.5, 0.6) is 11.5 Å². The Labute approximate surface area is 152 Å². The number of phenols is 1. The van der Waals surface area contributed by atoms with Gasteiger partial charge in [0, 0.05) is 23.8 Å². The summed E-state index contributed by atoms with van der Waals surface area (Å²) >= 11 is 0. The third kappa shape index (κ3) is 4.92. The highest BCUT2D eigenvalue weighted by atomic mass is 32.2. The highest BCUT2D eigenvalue weighted by Crippen LogP contribution is 2.20. The van der Waals surface area contributed by atoms with E-state index in [1.165, 1.54) is 43.5 Å². The summed E-state index contributed by atoms with van der Waals surface area (Å²) in [6.45, 7) is 0. The molecule has 0 saturated carbocycles. The third-order valence-electron chi connectivity index (χ3n) is 4.01. The maximum Gasteiger partial charge on any atom is 0.180 e. The average Bonchev–Trinajstić information content (AvgIpc) is 2.61. The Morgan fingerprint density at radius 3 is 2.04 bits per heavy atom. The number of Topliss-reactive ketones (excluding diaryl/α,β-unsaturated/α-hetero) is 2. The standard InChI is InChI=1S/C19H20O6S/c1-25-16-9-5-14(6-10-16)19(22)18(26(2,23)24)12-11-17(21)13-3-7-15(20)8-4-13/h3-10,18,20H,11-12H2,1-2H3. The first-order valence-electron chi connectivity index (χ1n) is 7.91. The maximum atomic E-state index is 12.6. The van der Waals surface area contributed by atoms with Crippen molar-refractivity contribution in [1.82, 2.24) is 0 Å². The van der Waals surface area contributed by atoms with E-state index < -0.39 is 20.9 Å². The molecule has 26 heavy (non-hydrogen) atoms. The molecule has 0 saturated heterocycles. The Bertz CT molecular complexity index is 883. The largest absolute Gasteiger partial charge is 0.508 e. The number of benzene rings is 2. The van der Waals surface area contributed by atoms with Gasteiger partial charge in [0.25, 0.3) is 0 Å².